The summed E-state index contributed by atoms with van der Waals surface area (Å²) < 4.78 is 0. The average Bonchev–Trinajstić information content (AvgIpc) is 2.03. The molecule has 0 aliphatic carbocycles. The molecule has 1 amide bonds. The summed E-state index contributed by atoms with van der Waals surface area (Å²) in [4.78, 5) is 11.4. The Bertz CT molecular complexity index is 168. The third-order valence-corrected chi connectivity index (χ3v) is 2.53. The van der Waals surface area contributed by atoms with Crippen molar-refractivity contribution in [1.29, 1.82) is 0 Å². The van der Waals surface area contributed by atoms with Gasteiger partial charge in [-0.15, -0.1) is 0 Å². The maximum Gasteiger partial charge on any atom is 0.225 e. The minimum absolute atomic E-state index is 0.152. The van der Waals surface area contributed by atoms with Gasteiger partial charge in [0.2, 0.25) is 5.91 Å². The minimum Gasteiger partial charge on any atom is -0.343 e. The zero-order valence-electron chi connectivity index (χ0n) is 8.05. The van der Waals surface area contributed by atoms with Crippen LogP contribution < -0.4 is 10.6 Å². The van der Waals surface area contributed by atoms with Gasteiger partial charge in [-0.1, -0.05) is 20.8 Å². The highest BCUT2D eigenvalue weighted by molar-refractivity contribution is 5.80. The number of rotatable bonds is 2. The molecule has 0 aromatic rings. The van der Waals surface area contributed by atoms with Crippen LogP contribution in [0.15, 0.2) is 0 Å². The molecule has 1 fully saturated rings. The van der Waals surface area contributed by atoms with Gasteiger partial charge >= 0.3 is 0 Å². The zero-order valence-corrected chi connectivity index (χ0v) is 8.05. The van der Waals surface area contributed by atoms with Crippen LogP contribution in [0.5, 0.6) is 0 Å². The van der Waals surface area contributed by atoms with E-state index in [1.54, 1.807) is 0 Å². The first kappa shape index (κ1) is 9.52. The van der Waals surface area contributed by atoms with Gasteiger partial charge in [-0.2, -0.15) is 0 Å². The number of carbonyl (C=O) groups is 1. The van der Waals surface area contributed by atoms with Gasteiger partial charge in [0, 0.05) is 6.04 Å². The molecule has 0 bridgehead atoms. The molecule has 1 aliphatic heterocycles. The van der Waals surface area contributed by atoms with Gasteiger partial charge < -0.3 is 5.32 Å². The molecule has 2 unspecified atom stereocenters. The van der Waals surface area contributed by atoms with E-state index in [0.29, 0.717) is 18.6 Å². The number of hydrogen-bond donors (Lipinski definition) is 2. The van der Waals surface area contributed by atoms with Crippen molar-refractivity contribution >= 4 is 5.91 Å². The second-order valence-electron chi connectivity index (χ2n) is 3.71. The predicted molar refractivity (Wildman–Crippen MR) is 48.6 cm³/mol. The van der Waals surface area contributed by atoms with Gasteiger partial charge in [0.25, 0.3) is 0 Å². The van der Waals surface area contributed by atoms with E-state index in [0.717, 1.165) is 6.42 Å². The third-order valence-electron chi connectivity index (χ3n) is 2.53. The first-order valence-electron chi connectivity index (χ1n) is 4.68. The van der Waals surface area contributed by atoms with Gasteiger partial charge in [-0.05, 0) is 12.3 Å². The van der Waals surface area contributed by atoms with Crippen molar-refractivity contribution in [2.75, 3.05) is 6.67 Å². The lowest BCUT2D eigenvalue weighted by Crippen LogP contribution is -2.56. The lowest BCUT2D eigenvalue weighted by molar-refractivity contribution is -0.128. The van der Waals surface area contributed by atoms with Gasteiger partial charge in [0.1, 0.15) is 0 Å². The summed E-state index contributed by atoms with van der Waals surface area (Å²) >= 11 is 0. The van der Waals surface area contributed by atoms with Crippen molar-refractivity contribution in [1.82, 2.24) is 10.6 Å². The lowest BCUT2D eigenvalue weighted by atomic mass is 9.87. The molecule has 1 saturated heterocycles. The van der Waals surface area contributed by atoms with Crippen LogP contribution in [0.1, 0.15) is 27.2 Å². The Hall–Kier alpha value is -0.570. The monoisotopic (exact) mass is 170 g/mol. The van der Waals surface area contributed by atoms with Gasteiger partial charge in [0.15, 0.2) is 0 Å². The molecule has 1 aliphatic rings. The van der Waals surface area contributed by atoms with Gasteiger partial charge in [-0.25, -0.2) is 0 Å². The topological polar surface area (TPSA) is 41.1 Å². The maximum absolute atomic E-state index is 11.4. The molecular weight excluding hydrogens is 152 g/mol. The summed E-state index contributed by atoms with van der Waals surface area (Å²) in [6, 6.07) is 0.351. The van der Waals surface area contributed by atoms with Crippen LogP contribution in [0, 0.1) is 11.8 Å². The van der Waals surface area contributed by atoms with Gasteiger partial charge in [-0.3, -0.25) is 10.1 Å². The molecular formula is C9H18N2O. The minimum atomic E-state index is 0.152. The van der Waals surface area contributed by atoms with Crippen molar-refractivity contribution in [2.24, 2.45) is 11.8 Å². The highest BCUT2D eigenvalue weighted by Crippen LogP contribution is 2.18. The molecule has 12 heavy (non-hydrogen) atoms. The van der Waals surface area contributed by atoms with Crippen molar-refractivity contribution in [3.63, 3.8) is 0 Å². The van der Waals surface area contributed by atoms with E-state index in [1.165, 1.54) is 0 Å². The maximum atomic E-state index is 11.4. The molecule has 2 N–H and O–H groups in total. The summed E-state index contributed by atoms with van der Waals surface area (Å²) in [5.74, 6) is 0.884. The Morgan fingerprint density at radius 1 is 1.58 bits per heavy atom. The van der Waals surface area contributed by atoms with Crippen LogP contribution in [0.4, 0.5) is 0 Å². The van der Waals surface area contributed by atoms with Crippen molar-refractivity contribution in [3.8, 4) is 0 Å². The first-order chi connectivity index (χ1) is 5.66. The second-order valence-corrected chi connectivity index (χ2v) is 3.71. The third kappa shape index (κ3) is 1.78. The summed E-state index contributed by atoms with van der Waals surface area (Å²) in [5.41, 5.74) is 0. The molecule has 1 heterocycles. The Kier molecular flexibility index (Phi) is 3.09. The lowest BCUT2D eigenvalue weighted by Gasteiger charge is -2.34. The van der Waals surface area contributed by atoms with E-state index in [4.69, 9.17) is 0 Å². The molecule has 0 saturated carbocycles. The Morgan fingerprint density at radius 3 is 2.67 bits per heavy atom. The van der Waals surface area contributed by atoms with Crippen LogP contribution in [-0.2, 0) is 4.79 Å². The van der Waals surface area contributed by atoms with E-state index in [1.807, 2.05) is 0 Å². The Balaban J connectivity index is 2.64. The second kappa shape index (κ2) is 3.90. The molecule has 0 aromatic heterocycles. The van der Waals surface area contributed by atoms with E-state index < -0.39 is 0 Å². The molecule has 70 valence electrons. The fourth-order valence-corrected chi connectivity index (χ4v) is 1.83. The smallest absolute Gasteiger partial charge is 0.225 e. The number of amides is 1. The molecule has 3 heteroatoms. The SMILES string of the molecule is CCC1C(=O)NCNC1C(C)C. The van der Waals surface area contributed by atoms with Crippen molar-refractivity contribution in [3.05, 3.63) is 0 Å². The van der Waals surface area contributed by atoms with Crippen LogP contribution in [0.2, 0.25) is 0 Å². The fraction of sp³-hybridized carbons (Fsp3) is 0.889. The van der Waals surface area contributed by atoms with E-state index >= 15 is 0 Å². The molecule has 3 nitrogen and oxygen atoms in total. The van der Waals surface area contributed by atoms with Gasteiger partial charge in [0.05, 0.1) is 12.6 Å². The van der Waals surface area contributed by atoms with Crippen LogP contribution in [0.25, 0.3) is 0 Å². The Labute approximate surface area is 73.9 Å². The van der Waals surface area contributed by atoms with Crippen LogP contribution >= 0.6 is 0 Å². The van der Waals surface area contributed by atoms with Crippen LogP contribution in [0.3, 0.4) is 0 Å². The summed E-state index contributed by atoms with van der Waals surface area (Å²) in [5, 5.41) is 6.14. The first-order valence-corrected chi connectivity index (χ1v) is 4.68. The summed E-state index contributed by atoms with van der Waals surface area (Å²) in [7, 11) is 0. The highest BCUT2D eigenvalue weighted by Gasteiger charge is 2.31. The molecule has 2 atom stereocenters. The molecule has 0 spiro atoms. The summed E-state index contributed by atoms with van der Waals surface area (Å²) in [6.45, 7) is 6.99. The molecule has 1 rings (SSSR count). The normalized spacial score (nSPS) is 30.5. The largest absolute Gasteiger partial charge is 0.343 e. The number of nitrogens with one attached hydrogen (secondary N) is 2. The van der Waals surface area contributed by atoms with E-state index in [-0.39, 0.29) is 11.8 Å². The van der Waals surface area contributed by atoms with Crippen molar-refractivity contribution in [2.45, 2.75) is 33.2 Å². The quantitative estimate of drug-likeness (QED) is 0.641. The van der Waals surface area contributed by atoms with E-state index in [9.17, 15) is 4.79 Å². The zero-order chi connectivity index (χ0) is 9.14. The standard InChI is InChI=1S/C9H18N2O/c1-4-7-8(6(2)3)10-5-11-9(7)12/h6-8,10H,4-5H2,1-3H3,(H,11,12). The highest BCUT2D eigenvalue weighted by atomic mass is 16.2. The molecule has 0 radical (unpaired) electrons. The molecule has 0 aromatic carbocycles. The number of hydrogen-bond acceptors (Lipinski definition) is 2. The van der Waals surface area contributed by atoms with Crippen LogP contribution in [-0.4, -0.2) is 18.6 Å². The predicted octanol–water partition coefficient (Wildman–Crippen LogP) is 0.714. The number of carbonyl (C=O) groups excluding carboxylic acids is 1. The Morgan fingerprint density at radius 2 is 2.25 bits per heavy atom. The fourth-order valence-electron chi connectivity index (χ4n) is 1.83. The average molecular weight is 170 g/mol. The van der Waals surface area contributed by atoms with E-state index in [2.05, 4.69) is 31.4 Å². The summed E-state index contributed by atoms with van der Waals surface area (Å²) in [6.07, 6.45) is 0.918. The van der Waals surface area contributed by atoms with Crippen molar-refractivity contribution < 1.29 is 4.79 Å².